The zero-order valence-electron chi connectivity index (χ0n) is 15.2. The molecule has 1 heterocycles. The summed E-state index contributed by atoms with van der Waals surface area (Å²) < 4.78 is 16.4. The molecule has 4 rings (SSSR count). The van der Waals surface area contributed by atoms with Crippen LogP contribution in [0, 0.1) is 5.82 Å². The maximum absolute atomic E-state index is 13.2. The molecule has 0 aliphatic heterocycles. The summed E-state index contributed by atoms with van der Waals surface area (Å²) in [4.78, 5) is 25.5. The smallest absolute Gasteiger partial charge is 0.329 e. The fraction of sp³-hybridized carbons (Fsp3) is 0.333. The summed E-state index contributed by atoms with van der Waals surface area (Å²) in [5.74, 6) is -0.501. The average Bonchev–Trinajstić information content (AvgIpc) is 2.90. The summed E-state index contributed by atoms with van der Waals surface area (Å²) in [6.45, 7) is 2.43. The molecular formula is C21H22FN3O2. The highest BCUT2D eigenvalue weighted by Crippen LogP contribution is 2.41. The molecular weight excluding hydrogens is 345 g/mol. The minimum atomic E-state index is -0.461. The monoisotopic (exact) mass is 367 g/mol. The molecule has 1 saturated carbocycles. The van der Waals surface area contributed by atoms with Gasteiger partial charge in [-0.05, 0) is 56.0 Å². The second-order valence-electron chi connectivity index (χ2n) is 7.09. The molecule has 0 saturated heterocycles. The third kappa shape index (κ3) is 2.95. The van der Waals surface area contributed by atoms with Crippen molar-refractivity contribution in [2.24, 2.45) is 0 Å². The molecule has 27 heavy (non-hydrogen) atoms. The molecule has 0 unspecified atom stereocenters. The number of hydrogen-bond donors (Lipinski definition) is 1. The van der Waals surface area contributed by atoms with E-state index < -0.39 is 5.54 Å². The molecule has 0 atom stereocenters. The first-order valence-corrected chi connectivity index (χ1v) is 9.29. The van der Waals surface area contributed by atoms with Crippen molar-refractivity contribution in [2.75, 3.05) is 0 Å². The maximum Gasteiger partial charge on any atom is 0.329 e. The highest BCUT2D eigenvalue weighted by atomic mass is 19.1. The van der Waals surface area contributed by atoms with Crippen molar-refractivity contribution in [3.63, 3.8) is 0 Å². The highest BCUT2D eigenvalue weighted by molar-refractivity contribution is 5.81. The van der Waals surface area contributed by atoms with E-state index in [1.54, 1.807) is 16.7 Å². The third-order valence-corrected chi connectivity index (χ3v) is 5.53. The fourth-order valence-electron chi connectivity index (χ4n) is 3.97. The lowest BCUT2D eigenvalue weighted by Crippen LogP contribution is -2.52. The van der Waals surface area contributed by atoms with Crippen LogP contribution >= 0.6 is 0 Å². The minimum absolute atomic E-state index is 0.0324. The Labute approximate surface area is 156 Å². The van der Waals surface area contributed by atoms with Gasteiger partial charge in [0, 0.05) is 6.54 Å². The second-order valence-corrected chi connectivity index (χ2v) is 7.09. The summed E-state index contributed by atoms with van der Waals surface area (Å²) in [5, 5.41) is 3.10. The summed E-state index contributed by atoms with van der Waals surface area (Å²) in [6.07, 6.45) is 2.64. The van der Waals surface area contributed by atoms with Crippen molar-refractivity contribution in [3.8, 4) is 0 Å². The van der Waals surface area contributed by atoms with Crippen LogP contribution < -0.4 is 11.0 Å². The molecule has 0 spiro atoms. The van der Waals surface area contributed by atoms with E-state index in [4.69, 9.17) is 0 Å². The summed E-state index contributed by atoms with van der Waals surface area (Å²) >= 11 is 0. The topological polar surface area (TPSA) is 56.0 Å². The van der Waals surface area contributed by atoms with Crippen LogP contribution in [0.5, 0.6) is 0 Å². The van der Waals surface area contributed by atoms with Gasteiger partial charge in [0.25, 0.3) is 0 Å². The molecule has 5 nitrogen and oxygen atoms in total. The van der Waals surface area contributed by atoms with Gasteiger partial charge >= 0.3 is 5.69 Å². The number of aromatic nitrogens is 2. The van der Waals surface area contributed by atoms with Gasteiger partial charge in [0.15, 0.2) is 0 Å². The number of carbonyl (C=O) groups excluding carboxylic acids is 1. The molecule has 140 valence electrons. The number of para-hydroxylation sites is 2. The van der Waals surface area contributed by atoms with Gasteiger partial charge in [0.1, 0.15) is 12.4 Å². The van der Waals surface area contributed by atoms with Crippen molar-refractivity contribution in [2.45, 2.75) is 44.8 Å². The Morgan fingerprint density at radius 2 is 1.70 bits per heavy atom. The van der Waals surface area contributed by atoms with Gasteiger partial charge in [-0.3, -0.25) is 13.9 Å². The second kappa shape index (κ2) is 6.68. The van der Waals surface area contributed by atoms with E-state index in [1.807, 2.05) is 31.2 Å². The maximum atomic E-state index is 13.2. The fourth-order valence-corrected chi connectivity index (χ4v) is 3.97. The lowest BCUT2D eigenvalue weighted by atomic mass is 9.72. The van der Waals surface area contributed by atoms with Crippen LogP contribution in [-0.2, 0) is 23.4 Å². The number of rotatable bonds is 5. The predicted molar refractivity (Wildman–Crippen MR) is 102 cm³/mol. The van der Waals surface area contributed by atoms with Crippen LogP contribution in [0.2, 0.25) is 0 Å². The zero-order valence-corrected chi connectivity index (χ0v) is 15.2. The van der Waals surface area contributed by atoms with Gasteiger partial charge in [0.2, 0.25) is 5.91 Å². The molecule has 6 heteroatoms. The Morgan fingerprint density at radius 1 is 1.07 bits per heavy atom. The average molecular weight is 367 g/mol. The first-order chi connectivity index (χ1) is 13.0. The molecule has 0 radical (unpaired) electrons. The van der Waals surface area contributed by atoms with Gasteiger partial charge < -0.3 is 5.32 Å². The van der Waals surface area contributed by atoms with Gasteiger partial charge in [-0.2, -0.15) is 0 Å². The Hall–Kier alpha value is -2.89. The van der Waals surface area contributed by atoms with E-state index in [2.05, 4.69) is 5.32 Å². The zero-order chi connectivity index (χ0) is 19.0. The SMILES string of the molecule is CCn1c(=O)n(CC(=O)NC2(c3ccc(F)cc3)CCC2)c2ccccc21. The Morgan fingerprint density at radius 3 is 2.26 bits per heavy atom. The van der Waals surface area contributed by atoms with Gasteiger partial charge in [-0.15, -0.1) is 0 Å². The van der Waals surface area contributed by atoms with Crippen molar-refractivity contribution < 1.29 is 9.18 Å². The van der Waals surface area contributed by atoms with Gasteiger partial charge in [-0.1, -0.05) is 24.3 Å². The third-order valence-electron chi connectivity index (χ3n) is 5.53. The quantitative estimate of drug-likeness (QED) is 0.753. The minimum Gasteiger partial charge on any atom is -0.345 e. The number of halogens is 1. The normalized spacial score (nSPS) is 15.5. The van der Waals surface area contributed by atoms with E-state index in [9.17, 15) is 14.0 Å². The number of imidazole rings is 1. The van der Waals surface area contributed by atoms with Crippen molar-refractivity contribution in [1.82, 2.24) is 14.5 Å². The molecule has 3 aromatic rings. The Bertz CT molecular complexity index is 1050. The van der Waals surface area contributed by atoms with E-state index in [0.717, 1.165) is 35.9 Å². The van der Waals surface area contributed by atoms with E-state index >= 15 is 0 Å². The van der Waals surface area contributed by atoms with Crippen LogP contribution in [0.4, 0.5) is 4.39 Å². The number of nitrogens with one attached hydrogen (secondary N) is 1. The predicted octanol–water partition coefficient (Wildman–Crippen LogP) is 3.16. The number of benzene rings is 2. The molecule has 1 aliphatic rings. The van der Waals surface area contributed by atoms with Gasteiger partial charge in [0.05, 0.1) is 16.6 Å². The number of hydrogen-bond acceptors (Lipinski definition) is 2. The van der Waals surface area contributed by atoms with Crippen LogP contribution in [0.15, 0.2) is 53.3 Å². The number of fused-ring (bicyclic) bond motifs is 1. The van der Waals surface area contributed by atoms with Crippen molar-refractivity contribution >= 4 is 16.9 Å². The van der Waals surface area contributed by atoms with E-state index in [-0.39, 0.29) is 24.0 Å². The lowest BCUT2D eigenvalue weighted by Gasteiger charge is -2.43. The molecule has 1 aliphatic carbocycles. The van der Waals surface area contributed by atoms with Crippen molar-refractivity contribution in [3.05, 3.63) is 70.4 Å². The molecule has 1 amide bonds. The van der Waals surface area contributed by atoms with Crippen LogP contribution in [0.1, 0.15) is 31.7 Å². The molecule has 0 bridgehead atoms. The van der Waals surface area contributed by atoms with E-state index in [1.165, 1.54) is 16.7 Å². The lowest BCUT2D eigenvalue weighted by molar-refractivity contribution is -0.125. The van der Waals surface area contributed by atoms with Crippen LogP contribution in [0.25, 0.3) is 11.0 Å². The standard InChI is InChI=1S/C21H22FN3O2/c1-2-24-17-6-3-4-7-18(17)25(20(24)27)14-19(26)23-21(12-5-13-21)15-8-10-16(22)11-9-15/h3-4,6-11H,2,5,12-14H2,1H3,(H,23,26). The number of amides is 1. The number of carbonyl (C=O) groups is 1. The van der Waals surface area contributed by atoms with E-state index in [0.29, 0.717) is 6.54 Å². The number of nitrogens with zero attached hydrogens (tertiary/aromatic N) is 2. The first-order valence-electron chi connectivity index (χ1n) is 9.29. The first kappa shape index (κ1) is 17.5. The molecule has 2 aromatic carbocycles. The molecule has 1 aromatic heterocycles. The molecule has 1 fully saturated rings. The Kier molecular flexibility index (Phi) is 4.34. The van der Waals surface area contributed by atoms with Crippen LogP contribution in [0.3, 0.4) is 0 Å². The van der Waals surface area contributed by atoms with Crippen LogP contribution in [-0.4, -0.2) is 15.0 Å². The summed E-state index contributed by atoms with van der Waals surface area (Å²) in [6, 6.07) is 13.8. The summed E-state index contributed by atoms with van der Waals surface area (Å²) in [5.41, 5.74) is 1.85. The molecule has 1 N–H and O–H groups in total. The highest BCUT2D eigenvalue weighted by Gasteiger charge is 2.40. The summed E-state index contributed by atoms with van der Waals surface area (Å²) in [7, 11) is 0. The largest absolute Gasteiger partial charge is 0.345 e. The van der Waals surface area contributed by atoms with Crippen molar-refractivity contribution in [1.29, 1.82) is 0 Å². The van der Waals surface area contributed by atoms with Gasteiger partial charge in [-0.25, -0.2) is 9.18 Å². The Balaban J connectivity index is 1.61. The number of aryl methyl sites for hydroxylation is 1.